The summed E-state index contributed by atoms with van der Waals surface area (Å²) in [4.78, 5) is 4.14. The van der Waals surface area contributed by atoms with Gasteiger partial charge in [-0.05, 0) is 18.6 Å². The van der Waals surface area contributed by atoms with Crippen molar-refractivity contribution in [1.82, 2.24) is 14.8 Å². The molecule has 2 aromatic rings. The Bertz CT molecular complexity index is 422. The van der Waals surface area contributed by atoms with Crippen LogP contribution < -0.4 is 0 Å². The fourth-order valence-corrected chi connectivity index (χ4v) is 1.21. The van der Waals surface area contributed by atoms with E-state index in [0.29, 0.717) is 5.02 Å². The lowest BCUT2D eigenvalue weighted by atomic mass is 10.4. The monoisotopic (exact) mass is 193 g/mol. The quantitative estimate of drug-likeness (QED) is 0.696. The van der Waals surface area contributed by atoms with Gasteiger partial charge in [-0.15, -0.1) is 0 Å². The Morgan fingerprint density at radius 1 is 1.46 bits per heavy atom. The molecule has 0 unspecified atom stereocenters. The van der Waals surface area contributed by atoms with Gasteiger partial charge in [0, 0.05) is 23.5 Å². The van der Waals surface area contributed by atoms with Gasteiger partial charge in [-0.1, -0.05) is 11.6 Å². The smallest absolute Gasteiger partial charge is 0.154 e. The molecule has 0 saturated heterocycles. The van der Waals surface area contributed by atoms with E-state index in [1.54, 1.807) is 29.2 Å². The van der Waals surface area contributed by atoms with E-state index in [4.69, 9.17) is 11.6 Å². The largest absolute Gasteiger partial charge is 0.237 e. The Morgan fingerprint density at radius 3 is 2.92 bits per heavy atom. The number of hydrogen-bond acceptors (Lipinski definition) is 2. The lowest BCUT2D eigenvalue weighted by Gasteiger charge is -1.98. The Morgan fingerprint density at radius 2 is 2.31 bits per heavy atom. The molecule has 0 aliphatic heterocycles. The average molecular weight is 194 g/mol. The van der Waals surface area contributed by atoms with Gasteiger partial charge in [-0.3, -0.25) is 0 Å². The molecule has 13 heavy (non-hydrogen) atoms. The predicted molar refractivity (Wildman–Crippen MR) is 51.1 cm³/mol. The van der Waals surface area contributed by atoms with E-state index in [0.717, 1.165) is 11.4 Å². The number of nitrogens with zero attached hydrogens (tertiary/aromatic N) is 3. The van der Waals surface area contributed by atoms with Crippen LogP contribution in [0.4, 0.5) is 0 Å². The summed E-state index contributed by atoms with van der Waals surface area (Å²) in [5.74, 6) is 0.737. The Balaban J connectivity index is 2.46. The van der Waals surface area contributed by atoms with Gasteiger partial charge in [-0.25, -0.2) is 9.67 Å². The van der Waals surface area contributed by atoms with Crippen LogP contribution in [-0.2, 0) is 0 Å². The molecule has 0 radical (unpaired) electrons. The van der Waals surface area contributed by atoms with Crippen LogP contribution in [0.2, 0.25) is 5.02 Å². The zero-order valence-corrected chi connectivity index (χ0v) is 7.86. The molecule has 0 aliphatic rings. The van der Waals surface area contributed by atoms with E-state index in [2.05, 4.69) is 10.1 Å². The maximum atomic E-state index is 5.82. The summed E-state index contributed by atoms with van der Waals surface area (Å²) in [5, 5.41) is 4.79. The summed E-state index contributed by atoms with van der Waals surface area (Å²) in [6.45, 7) is 1.98. The molecule has 0 aromatic carbocycles. The number of aryl methyl sites for hydroxylation is 1. The minimum Gasteiger partial charge on any atom is -0.237 e. The van der Waals surface area contributed by atoms with Crippen LogP contribution in [0.3, 0.4) is 0 Å². The maximum Gasteiger partial charge on any atom is 0.154 e. The molecular weight excluding hydrogens is 186 g/mol. The molecule has 2 rings (SSSR count). The normalized spacial score (nSPS) is 10.3. The lowest BCUT2D eigenvalue weighted by Crippen LogP contribution is -1.96. The third-order valence-corrected chi connectivity index (χ3v) is 1.89. The van der Waals surface area contributed by atoms with Crippen molar-refractivity contribution in [3.63, 3.8) is 0 Å². The van der Waals surface area contributed by atoms with E-state index >= 15 is 0 Å². The highest BCUT2D eigenvalue weighted by Crippen LogP contribution is 2.11. The fourth-order valence-electron chi connectivity index (χ4n) is 1.06. The molecule has 0 N–H and O–H groups in total. The van der Waals surface area contributed by atoms with Gasteiger partial charge in [-0.2, -0.15) is 5.10 Å². The molecule has 2 heterocycles. The number of pyridine rings is 1. The van der Waals surface area contributed by atoms with Crippen molar-refractivity contribution in [1.29, 1.82) is 0 Å². The Labute approximate surface area is 81.0 Å². The van der Waals surface area contributed by atoms with E-state index < -0.39 is 0 Å². The van der Waals surface area contributed by atoms with Crippen LogP contribution in [0.1, 0.15) is 5.56 Å². The number of rotatable bonds is 1. The zero-order chi connectivity index (χ0) is 9.26. The highest BCUT2D eigenvalue weighted by molar-refractivity contribution is 6.30. The summed E-state index contributed by atoms with van der Waals surface area (Å²) in [7, 11) is 0. The third kappa shape index (κ3) is 1.70. The van der Waals surface area contributed by atoms with Gasteiger partial charge in [0.15, 0.2) is 5.82 Å². The first kappa shape index (κ1) is 8.26. The highest BCUT2D eigenvalue weighted by atomic mass is 35.5. The van der Waals surface area contributed by atoms with Crippen molar-refractivity contribution < 1.29 is 0 Å². The van der Waals surface area contributed by atoms with E-state index in [1.165, 1.54) is 0 Å². The summed E-state index contributed by atoms with van der Waals surface area (Å²) in [5.41, 5.74) is 1.10. The van der Waals surface area contributed by atoms with Gasteiger partial charge in [0.2, 0.25) is 0 Å². The van der Waals surface area contributed by atoms with Gasteiger partial charge in [0.25, 0.3) is 0 Å². The second kappa shape index (κ2) is 3.18. The summed E-state index contributed by atoms with van der Waals surface area (Å²) >= 11 is 5.82. The zero-order valence-electron chi connectivity index (χ0n) is 7.11. The predicted octanol–water partition coefficient (Wildman–Crippen LogP) is 2.23. The minimum absolute atomic E-state index is 0.665. The first-order valence-corrected chi connectivity index (χ1v) is 4.27. The Hall–Kier alpha value is -1.35. The molecule has 0 amide bonds. The van der Waals surface area contributed by atoms with Crippen molar-refractivity contribution >= 4 is 11.6 Å². The van der Waals surface area contributed by atoms with Crippen LogP contribution in [0.15, 0.2) is 30.7 Å². The lowest BCUT2D eigenvalue weighted by molar-refractivity contribution is 0.847. The van der Waals surface area contributed by atoms with E-state index in [-0.39, 0.29) is 0 Å². The molecule has 3 nitrogen and oxygen atoms in total. The number of aromatic nitrogens is 3. The maximum absolute atomic E-state index is 5.82. The first-order valence-electron chi connectivity index (χ1n) is 3.89. The summed E-state index contributed by atoms with van der Waals surface area (Å²) < 4.78 is 1.70. The molecular formula is C9H8ClN3. The fraction of sp³-hybridized carbons (Fsp3) is 0.111. The topological polar surface area (TPSA) is 30.7 Å². The second-order valence-electron chi connectivity index (χ2n) is 2.79. The Kier molecular flexibility index (Phi) is 2.02. The van der Waals surface area contributed by atoms with Crippen LogP contribution >= 0.6 is 11.6 Å². The van der Waals surface area contributed by atoms with Crippen molar-refractivity contribution in [2.24, 2.45) is 0 Å². The minimum atomic E-state index is 0.665. The molecule has 66 valence electrons. The SMILES string of the molecule is Cc1cnn(-c2cc(Cl)ccn2)c1. The van der Waals surface area contributed by atoms with E-state index in [9.17, 15) is 0 Å². The first-order chi connectivity index (χ1) is 6.25. The van der Waals surface area contributed by atoms with Crippen LogP contribution in [0, 0.1) is 6.92 Å². The van der Waals surface area contributed by atoms with Crippen molar-refractivity contribution in [2.45, 2.75) is 6.92 Å². The van der Waals surface area contributed by atoms with Gasteiger partial charge < -0.3 is 0 Å². The molecule has 0 atom stereocenters. The molecule has 4 heteroatoms. The van der Waals surface area contributed by atoms with Crippen LogP contribution in [-0.4, -0.2) is 14.8 Å². The molecule has 0 spiro atoms. The third-order valence-electron chi connectivity index (χ3n) is 1.65. The van der Waals surface area contributed by atoms with Crippen molar-refractivity contribution in [2.75, 3.05) is 0 Å². The highest BCUT2D eigenvalue weighted by Gasteiger charge is 1.99. The summed E-state index contributed by atoms with van der Waals surface area (Å²) in [6, 6.07) is 3.51. The van der Waals surface area contributed by atoms with Crippen molar-refractivity contribution in [3.8, 4) is 5.82 Å². The number of hydrogen-bond donors (Lipinski definition) is 0. The van der Waals surface area contributed by atoms with Crippen molar-refractivity contribution in [3.05, 3.63) is 41.3 Å². The van der Waals surface area contributed by atoms with Gasteiger partial charge >= 0.3 is 0 Å². The molecule has 2 aromatic heterocycles. The second-order valence-corrected chi connectivity index (χ2v) is 3.23. The molecule has 0 fully saturated rings. The van der Waals surface area contributed by atoms with E-state index in [1.807, 2.05) is 13.1 Å². The molecule has 0 aliphatic carbocycles. The van der Waals surface area contributed by atoms with Crippen LogP contribution in [0.25, 0.3) is 5.82 Å². The standard InChI is InChI=1S/C9H8ClN3/c1-7-5-12-13(6-7)9-4-8(10)2-3-11-9/h2-6H,1H3. The summed E-state index contributed by atoms with van der Waals surface area (Å²) in [6.07, 6.45) is 5.34. The number of halogens is 1. The molecule has 0 saturated carbocycles. The van der Waals surface area contributed by atoms with Crippen LogP contribution in [0.5, 0.6) is 0 Å². The van der Waals surface area contributed by atoms with Gasteiger partial charge in [0.05, 0.1) is 6.20 Å². The molecule has 0 bridgehead atoms. The van der Waals surface area contributed by atoms with Gasteiger partial charge in [0.1, 0.15) is 0 Å². The average Bonchev–Trinajstić information content (AvgIpc) is 2.52.